The molecule has 1 aromatic rings. The second-order valence-electron chi connectivity index (χ2n) is 4.60. The fourth-order valence-corrected chi connectivity index (χ4v) is 1.37. The van der Waals surface area contributed by atoms with Crippen LogP contribution in [-0.2, 0) is 9.31 Å². The molecule has 2 heterocycles. The molecule has 5 heteroatoms. The maximum atomic E-state index is 5.81. The average molecular weight is 224 g/mol. The summed E-state index contributed by atoms with van der Waals surface area (Å²) in [5.74, 6) is 0. The molecule has 0 bridgehead atoms. The maximum Gasteiger partial charge on any atom is 0.513 e. The van der Waals surface area contributed by atoms with Gasteiger partial charge in [0.15, 0.2) is 0 Å². The summed E-state index contributed by atoms with van der Waals surface area (Å²) in [6.07, 6.45) is 1.69. The van der Waals surface area contributed by atoms with Gasteiger partial charge in [-0.1, -0.05) is 13.8 Å². The van der Waals surface area contributed by atoms with Gasteiger partial charge in [-0.3, -0.25) is 5.10 Å². The molecule has 1 saturated heterocycles. The SMILES string of the molecule is CC.CC1(C)OB(c2ccn[nH]2)OC1(C)C. The zero-order valence-electron chi connectivity index (χ0n) is 11.0. The van der Waals surface area contributed by atoms with E-state index in [0.29, 0.717) is 0 Å². The third kappa shape index (κ3) is 2.30. The molecular formula is C11H21BN2O2. The Morgan fingerprint density at radius 3 is 2.00 bits per heavy atom. The molecule has 1 aliphatic rings. The molecule has 0 unspecified atom stereocenters. The Kier molecular flexibility index (Phi) is 3.81. The zero-order valence-corrected chi connectivity index (χ0v) is 11.0. The molecule has 0 atom stereocenters. The first-order valence-corrected chi connectivity index (χ1v) is 5.77. The van der Waals surface area contributed by atoms with Crippen LogP contribution in [0, 0.1) is 0 Å². The molecule has 1 aromatic heterocycles. The molecule has 90 valence electrons. The number of nitrogens with zero attached hydrogens (tertiary/aromatic N) is 1. The van der Waals surface area contributed by atoms with Gasteiger partial charge in [0.25, 0.3) is 0 Å². The molecule has 1 aliphatic heterocycles. The Labute approximate surface area is 97.9 Å². The van der Waals surface area contributed by atoms with Gasteiger partial charge >= 0.3 is 7.12 Å². The van der Waals surface area contributed by atoms with E-state index in [4.69, 9.17) is 9.31 Å². The number of aromatic nitrogens is 2. The Hall–Kier alpha value is -0.805. The fourth-order valence-electron chi connectivity index (χ4n) is 1.37. The van der Waals surface area contributed by atoms with Crippen molar-refractivity contribution in [3.63, 3.8) is 0 Å². The second-order valence-corrected chi connectivity index (χ2v) is 4.60. The van der Waals surface area contributed by atoms with Crippen molar-refractivity contribution in [2.75, 3.05) is 0 Å². The lowest BCUT2D eigenvalue weighted by atomic mass is 9.85. The highest BCUT2D eigenvalue weighted by molar-refractivity contribution is 6.61. The molecule has 2 rings (SSSR count). The predicted molar refractivity (Wildman–Crippen MR) is 65.7 cm³/mol. The smallest absolute Gasteiger partial charge is 0.398 e. The van der Waals surface area contributed by atoms with E-state index in [0.717, 1.165) is 5.59 Å². The molecule has 16 heavy (non-hydrogen) atoms. The highest BCUT2D eigenvalue weighted by Gasteiger charge is 2.52. The van der Waals surface area contributed by atoms with Crippen molar-refractivity contribution in [1.29, 1.82) is 0 Å². The molecule has 4 nitrogen and oxygen atoms in total. The van der Waals surface area contributed by atoms with Crippen LogP contribution in [0.5, 0.6) is 0 Å². The molecule has 0 aliphatic carbocycles. The van der Waals surface area contributed by atoms with Crippen molar-refractivity contribution in [3.8, 4) is 0 Å². The van der Waals surface area contributed by atoms with Crippen molar-refractivity contribution in [2.45, 2.75) is 52.7 Å². The van der Waals surface area contributed by atoms with Gasteiger partial charge in [0.05, 0.1) is 16.8 Å². The Morgan fingerprint density at radius 1 is 1.12 bits per heavy atom. The van der Waals surface area contributed by atoms with E-state index in [1.807, 2.05) is 47.6 Å². The van der Waals surface area contributed by atoms with E-state index >= 15 is 0 Å². The minimum absolute atomic E-state index is 0.289. The monoisotopic (exact) mass is 224 g/mol. The minimum atomic E-state index is -0.331. The number of nitrogens with one attached hydrogen (secondary N) is 1. The highest BCUT2D eigenvalue weighted by atomic mass is 16.7. The van der Waals surface area contributed by atoms with Crippen LogP contribution < -0.4 is 5.59 Å². The van der Waals surface area contributed by atoms with Gasteiger partial charge in [-0.15, -0.1) is 0 Å². The van der Waals surface area contributed by atoms with Gasteiger partial charge in [0.2, 0.25) is 0 Å². The third-order valence-electron chi connectivity index (χ3n) is 3.03. The lowest BCUT2D eigenvalue weighted by Crippen LogP contribution is -2.41. The van der Waals surface area contributed by atoms with E-state index in [9.17, 15) is 0 Å². The third-order valence-corrected chi connectivity index (χ3v) is 3.03. The summed E-state index contributed by atoms with van der Waals surface area (Å²) >= 11 is 0. The number of aromatic amines is 1. The number of hydrogen-bond donors (Lipinski definition) is 1. The van der Waals surface area contributed by atoms with Gasteiger partial charge in [0.1, 0.15) is 0 Å². The molecule has 0 saturated carbocycles. The summed E-state index contributed by atoms with van der Waals surface area (Å²) in [5, 5.41) is 6.73. The van der Waals surface area contributed by atoms with Crippen LogP contribution in [0.3, 0.4) is 0 Å². The summed E-state index contributed by atoms with van der Waals surface area (Å²) in [6, 6.07) is 1.86. The normalized spacial score (nSPS) is 21.5. The van der Waals surface area contributed by atoms with E-state index < -0.39 is 0 Å². The molecule has 0 radical (unpaired) electrons. The van der Waals surface area contributed by atoms with E-state index in [1.165, 1.54) is 0 Å². The van der Waals surface area contributed by atoms with Crippen LogP contribution in [0.15, 0.2) is 12.3 Å². The van der Waals surface area contributed by atoms with Gasteiger partial charge in [-0.2, -0.15) is 5.10 Å². The van der Waals surface area contributed by atoms with Crippen LogP contribution in [-0.4, -0.2) is 28.5 Å². The van der Waals surface area contributed by atoms with Gasteiger partial charge in [0, 0.05) is 6.20 Å². The maximum absolute atomic E-state index is 5.81. The van der Waals surface area contributed by atoms with Crippen LogP contribution in [0.1, 0.15) is 41.5 Å². The van der Waals surface area contributed by atoms with Crippen LogP contribution in [0.25, 0.3) is 0 Å². The van der Waals surface area contributed by atoms with Crippen molar-refractivity contribution in [1.82, 2.24) is 10.2 Å². The first-order chi connectivity index (χ1) is 7.42. The van der Waals surface area contributed by atoms with Crippen LogP contribution in [0.4, 0.5) is 0 Å². The minimum Gasteiger partial charge on any atom is -0.398 e. The average Bonchev–Trinajstić information content (AvgIpc) is 2.77. The van der Waals surface area contributed by atoms with E-state index in [1.54, 1.807) is 6.20 Å². The first-order valence-electron chi connectivity index (χ1n) is 5.77. The first kappa shape index (κ1) is 13.3. The standard InChI is InChI=1S/C9H15BN2O2.C2H6/c1-8(2)9(3,4)14-10(13-8)7-5-6-11-12-7;1-2/h5-6H,1-4H3,(H,11,12);1-2H3. The van der Waals surface area contributed by atoms with E-state index in [2.05, 4.69) is 10.2 Å². The summed E-state index contributed by atoms with van der Waals surface area (Å²) in [5.41, 5.74) is 0.287. The number of H-pyrrole nitrogens is 1. The summed E-state index contributed by atoms with van der Waals surface area (Å²) < 4.78 is 11.6. The van der Waals surface area contributed by atoms with Gasteiger partial charge in [-0.05, 0) is 33.8 Å². The van der Waals surface area contributed by atoms with Crippen molar-refractivity contribution in [2.24, 2.45) is 0 Å². The number of rotatable bonds is 1. The zero-order chi connectivity index (χ0) is 12.4. The van der Waals surface area contributed by atoms with Crippen LogP contribution in [0.2, 0.25) is 0 Å². The summed E-state index contributed by atoms with van der Waals surface area (Å²) in [4.78, 5) is 0. The van der Waals surface area contributed by atoms with Crippen molar-refractivity contribution in [3.05, 3.63) is 12.3 Å². The van der Waals surface area contributed by atoms with E-state index in [-0.39, 0.29) is 18.3 Å². The molecule has 1 N–H and O–H groups in total. The molecule has 0 aromatic carbocycles. The second kappa shape index (κ2) is 4.59. The number of hydrogen-bond acceptors (Lipinski definition) is 3. The van der Waals surface area contributed by atoms with Crippen molar-refractivity contribution < 1.29 is 9.31 Å². The van der Waals surface area contributed by atoms with Gasteiger partial charge in [-0.25, -0.2) is 0 Å². The van der Waals surface area contributed by atoms with Gasteiger partial charge < -0.3 is 9.31 Å². The largest absolute Gasteiger partial charge is 0.513 e. The lowest BCUT2D eigenvalue weighted by Gasteiger charge is -2.32. The molecule has 0 amide bonds. The quantitative estimate of drug-likeness (QED) is 0.739. The van der Waals surface area contributed by atoms with Crippen molar-refractivity contribution >= 4 is 12.7 Å². The Morgan fingerprint density at radius 2 is 1.62 bits per heavy atom. The predicted octanol–water partition coefficient (Wildman–Crippen LogP) is 1.74. The molecule has 1 fully saturated rings. The molecular weight excluding hydrogens is 203 g/mol. The summed E-state index contributed by atoms with van der Waals surface area (Å²) in [6.45, 7) is 12.1. The Balaban J connectivity index is 0.000000606. The lowest BCUT2D eigenvalue weighted by molar-refractivity contribution is 0.00578. The highest BCUT2D eigenvalue weighted by Crippen LogP contribution is 2.36. The Bertz CT molecular complexity index is 307. The van der Waals surface area contributed by atoms with Crippen LogP contribution >= 0.6 is 0 Å². The molecule has 0 spiro atoms. The topological polar surface area (TPSA) is 47.1 Å². The fraction of sp³-hybridized carbons (Fsp3) is 0.727. The summed E-state index contributed by atoms with van der Waals surface area (Å²) in [7, 11) is -0.331.